The molecule has 6 heteroatoms. The van der Waals surface area contributed by atoms with Gasteiger partial charge in [0.15, 0.2) is 0 Å². The number of nitrogens with two attached hydrogens (primary N) is 1. The van der Waals surface area contributed by atoms with E-state index >= 15 is 0 Å². The van der Waals surface area contributed by atoms with Crippen molar-refractivity contribution >= 4 is 6.01 Å². The highest BCUT2D eigenvalue weighted by molar-refractivity contribution is 5.16. The molecule has 0 amide bonds. The van der Waals surface area contributed by atoms with E-state index < -0.39 is 0 Å². The van der Waals surface area contributed by atoms with Gasteiger partial charge in [-0.05, 0) is 18.8 Å². The molecule has 0 aliphatic carbocycles. The van der Waals surface area contributed by atoms with Gasteiger partial charge in [0.1, 0.15) is 0 Å². The third-order valence-corrected chi connectivity index (χ3v) is 2.52. The van der Waals surface area contributed by atoms with Crippen LogP contribution in [0.2, 0.25) is 0 Å². The molecule has 0 saturated carbocycles. The van der Waals surface area contributed by atoms with Crippen LogP contribution < -0.4 is 11.1 Å². The number of nitrogens with one attached hydrogen (secondary N) is 1. The number of nitrogens with zero attached hydrogens (tertiary/aromatic N) is 2. The average molecular weight is 212 g/mol. The van der Waals surface area contributed by atoms with Gasteiger partial charge < -0.3 is 20.2 Å². The van der Waals surface area contributed by atoms with Crippen LogP contribution in [0.5, 0.6) is 0 Å². The minimum Gasteiger partial charge on any atom is -0.407 e. The first-order chi connectivity index (χ1) is 7.38. The maximum absolute atomic E-state index is 5.36. The van der Waals surface area contributed by atoms with Gasteiger partial charge in [-0.15, -0.1) is 5.10 Å². The van der Waals surface area contributed by atoms with Gasteiger partial charge in [0.05, 0.1) is 6.54 Å². The van der Waals surface area contributed by atoms with Crippen LogP contribution in [0, 0.1) is 5.92 Å². The Morgan fingerprint density at radius 3 is 2.80 bits per heavy atom. The highest BCUT2D eigenvalue weighted by Gasteiger charge is 2.14. The van der Waals surface area contributed by atoms with E-state index in [1.807, 2.05) is 0 Å². The van der Waals surface area contributed by atoms with Crippen LogP contribution in [-0.2, 0) is 11.3 Å². The van der Waals surface area contributed by atoms with Gasteiger partial charge in [0, 0.05) is 19.8 Å². The second kappa shape index (κ2) is 5.09. The van der Waals surface area contributed by atoms with Crippen molar-refractivity contribution in [1.82, 2.24) is 10.2 Å². The maximum Gasteiger partial charge on any atom is 0.315 e. The molecule has 1 aliphatic heterocycles. The molecule has 15 heavy (non-hydrogen) atoms. The Kier molecular flexibility index (Phi) is 3.52. The minimum atomic E-state index is 0.284. The first-order valence-corrected chi connectivity index (χ1v) is 5.22. The van der Waals surface area contributed by atoms with Crippen molar-refractivity contribution in [3.05, 3.63) is 5.89 Å². The molecular formula is C9H16N4O2. The van der Waals surface area contributed by atoms with Crippen LogP contribution in [0.1, 0.15) is 18.7 Å². The number of ether oxygens (including phenoxy) is 1. The molecule has 0 spiro atoms. The highest BCUT2D eigenvalue weighted by Crippen LogP contribution is 2.15. The Balaban J connectivity index is 1.76. The molecule has 0 aromatic carbocycles. The maximum atomic E-state index is 5.36. The van der Waals surface area contributed by atoms with Gasteiger partial charge >= 0.3 is 6.01 Å². The van der Waals surface area contributed by atoms with Crippen molar-refractivity contribution in [2.45, 2.75) is 19.4 Å². The highest BCUT2D eigenvalue weighted by atomic mass is 16.5. The van der Waals surface area contributed by atoms with Gasteiger partial charge in [0.2, 0.25) is 5.89 Å². The molecule has 1 fully saturated rings. The normalized spacial score (nSPS) is 17.9. The lowest BCUT2D eigenvalue weighted by molar-refractivity contribution is 0.0698. The van der Waals surface area contributed by atoms with Gasteiger partial charge in [-0.3, -0.25) is 0 Å². The lowest BCUT2D eigenvalue weighted by atomic mass is 10.0. The Bertz CT molecular complexity index is 296. The van der Waals surface area contributed by atoms with Crippen molar-refractivity contribution in [1.29, 1.82) is 0 Å². The summed E-state index contributed by atoms with van der Waals surface area (Å²) in [4.78, 5) is 0. The number of aromatic nitrogens is 2. The molecule has 1 saturated heterocycles. The second-order valence-electron chi connectivity index (χ2n) is 3.64. The largest absolute Gasteiger partial charge is 0.407 e. The third kappa shape index (κ3) is 2.90. The van der Waals surface area contributed by atoms with Crippen molar-refractivity contribution in [2.75, 3.05) is 25.1 Å². The van der Waals surface area contributed by atoms with E-state index in [0.29, 0.717) is 17.8 Å². The fourth-order valence-electron chi connectivity index (χ4n) is 1.59. The second-order valence-corrected chi connectivity index (χ2v) is 3.64. The molecule has 0 radical (unpaired) electrons. The fourth-order valence-corrected chi connectivity index (χ4v) is 1.59. The Labute approximate surface area is 88.2 Å². The van der Waals surface area contributed by atoms with Crippen molar-refractivity contribution in [3.8, 4) is 0 Å². The van der Waals surface area contributed by atoms with Crippen LogP contribution in [-0.4, -0.2) is 30.0 Å². The van der Waals surface area contributed by atoms with E-state index in [1.165, 1.54) is 0 Å². The van der Waals surface area contributed by atoms with Crippen molar-refractivity contribution in [3.63, 3.8) is 0 Å². The molecule has 84 valence electrons. The molecule has 2 heterocycles. The summed E-state index contributed by atoms with van der Waals surface area (Å²) in [5.74, 6) is 1.09. The predicted molar refractivity (Wildman–Crippen MR) is 54.2 cm³/mol. The number of anilines is 1. The SMILES string of the molecule is NCc1nnc(NCC2CCOCC2)o1. The summed E-state index contributed by atoms with van der Waals surface area (Å²) in [6, 6.07) is 0.460. The predicted octanol–water partition coefficient (Wildman–Crippen LogP) is 0.367. The zero-order chi connectivity index (χ0) is 10.5. The Morgan fingerprint density at radius 2 is 2.13 bits per heavy atom. The minimum absolute atomic E-state index is 0.284. The molecule has 0 bridgehead atoms. The molecule has 6 nitrogen and oxygen atoms in total. The van der Waals surface area contributed by atoms with E-state index in [9.17, 15) is 0 Å². The summed E-state index contributed by atoms with van der Waals surface area (Å²) in [5, 5.41) is 10.7. The molecular weight excluding hydrogens is 196 g/mol. The summed E-state index contributed by atoms with van der Waals surface area (Å²) in [5.41, 5.74) is 5.36. The van der Waals surface area contributed by atoms with Crippen molar-refractivity contribution < 1.29 is 9.15 Å². The van der Waals surface area contributed by atoms with Gasteiger partial charge in [-0.25, -0.2) is 0 Å². The summed E-state index contributed by atoms with van der Waals surface area (Å²) in [6.45, 7) is 2.84. The number of hydrogen-bond acceptors (Lipinski definition) is 6. The summed E-state index contributed by atoms with van der Waals surface area (Å²) >= 11 is 0. The van der Waals surface area contributed by atoms with Gasteiger partial charge in [-0.2, -0.15) is 0 Å². The van der Waals surface area contributed by atoms with E-state index in [2.05, 4.69) is 15.5 Å². The number of hydrogen-bond donors (Lipinski definition) is 2. The number of rotatable bonds is 4. The van der Waals surface area contributed by atoms with Crippen molar-refractivity contribution in [2.24, 2.45) is 11.7 Å². The van der Waals surface area contributed by atoms with Crippen LogP contribution >= 0.6 is 0 Å². The molecule has 1 aromatic heterocycles. The molecule has 0 unspecified atom stereocenters. The fraction of sp³-hybridized carbons (Fsp3) is 0.778. The van der Waals surface area contributed by atoms with Crippen LogP contribution in [0.15, 0.2) is 4.42 Å². The van der Waals surface area contributed by atoms with E-state index in [0.717, 1.165) is 32.6 Å². The molecule has 3 N–H and O–H groups in total. The van der Waals surface area contributed by atoms with Gasteiger partial charge in [-0.1, -0.05) is 5.10 Å². The standard InChI is InChI=1S/C9H16N4O2/c10-5-8-12-13-9(15-8)11-6-7-1-3-14-4-2-7/h7H,1-6,10H2,(H,11,13). The molecule has 2 rings (SSSR count). The Morgan fingerprint density at radius 1 is 1.33 bits per heavy atom. The quantitative estimate of drug-likeness (QED) is 0.749. The smallest absolute Gasteiger partial charge is 0.315 e. The van der Waals surface area contributed by atoms with Crippen LogP contribution in [0.3, 0.4) is 0 Å². The van der Waals surface area contributed by atoms with Crippen LogP contribution in [0.4, 0.5) is 6.01 Å². The van der Waals surface area contributed by atoms with E-state index in [1.54, 1.807) is 0 Å². The average Bonchev–Trinajstić information content (AvgIpc) is 2.76. The first kappa shape index (κ1) is 10.4. The topological polar surface area (TPSA) is 86.2 Å². The van der Waals surface area contributed by atoms with E-state index in [4.69, 9.17) is 14.9 Å². The molecule has 1 aromatic rings. The zero-order valence-corrected chi connectivity index (χ0v) is 8.61. The summed E-state index contributed by atoms with van der Waals surface area (Å²) in [7, 11) is 0. The molecule has 0 atom stereocenters. The zero-order valence-electron chi connectivity index (χ0n) is 8.61. The monoisotopic (exact) mass is 212 g/mol. The van der Waals surface area contributed by atoms with E-state index in [-0.39, 0.29) is 6.54 Å². The Hall–Kier alpha value is -1.14. The first-order valence-electron chi connectivity index (χ1n) is 5.22. The third-order valence-electron chi connectivity index (χ3n) is 2.52. The van der Waals surface area contributed by atoms with Crippen LogP contribution in [0.25, 0.3) is 0 Å². The summed E-state index contributed by atoms with van der Waals surface area (Å²) < 4.78 is 10.5. The molecule has 1 aliphatic rings. The lowest BCUT2D eigenvalue weighted by Gasteiger charge is -2.21. The lowest BCUT2D eigenvalue weighted by Crippen LogP contribution is -2.22. The summed E-state index contributed by atoms with van der Waals surface area (Å²) in [6.07, 6.45) is 2.18. The van der Waals surface area contributed by atoms with Gasteiger partial charge in [0.25, 0.3) is 0 Å².